The van der Waals surface area contributed by atoms with Crippen molar-refractivity contribution in [3.63, 3.8) is 0 Å². The van der Waals surface area contributed by atoms with Gasteiger partial charge in [0.2, 0.25) is 11.0 Å². The molecule has 6 nitrogen and oxygen atoms in total. The third-order valence-electron chi connectivity index (χ3n) is 2.50. The van der Waals surface area contributed by atoms with Gasteiger partial charge in [-0.25, -0.2) is 8.42 Å². The van der Waals surface area contributed by atoms with Crippen LogP contribution in [-0.2, 0) is 21.1 Å². The number of aryl methyl sites for hydroxylation is 1. The van der Waals surface area contributed by atoms with Crippen LogP contribution in [0.15, 0.2) is 29.2 Å². The number of benzene rings is 1. The van der Waals surface area contributed by atoms with E-state index < -0.39 is 9.84 Å². The second-order valence-corrected chi connectivity index (χ2v) is 7.40. The molecule has 0 bridgehead atoms. The monoisotopic (exact) mass is 311 g/mol. The molecule has 1 N–H and O–H groups in total. The average Bonchev–Trinajstić information content (AvgIpc) is 2.73. The van der Waals surface area contributed by atoms with E-state index in [2.05, 4.69) is 15.5 Å². The summed E-state index contributed by atoms with van der Waals surface area (Å²) in [5, 5.41) is 11.3. The Morgan fingerprint density at radius 3 is 2.60 bits per heavy atom. The number of carbonyl (C=O) groups excluding carboxylic acids is 1. The van der Waals surface area contributed by atoms with Gasteiger partial charge in [0.25, 0.3) is 0 Å². The Morgan fingerprint density at radius 1 is 1.30 bits per heavy atom. The molecule has 106 valence electrons. The minimum absolute atomic E-state index is 0.0259. The largest absolute Gasteiger partial charge is 0.300 e. The predicted octanol–water partition coefficient (Wildman–Crippen LogP) is 1.43. The zero-order valence-corrected chi connectivity index (χ0v) is 12.6. The van der Waals surface area contributed by atoms with Crippen molar-refractivity contribution in [2.75, 3.05) is 11.6 Å². The quantitative estimate of drug-likeness (QED) is 0.922. The molecule has 1 aromatic heterocycles. The zero-order chi connectivity index (χ0) is 14.8. The summed E-state index contributed by atoms with van der Waals surface area (Å²) in [4.78, 5) is 12.1. The number of hydrogen-bond acceptors (Lipinski definition) is 6. The highest BCUT2D eigenvalue weighted by Crippen LogP contribution is 2.18. The van der Waals surface area contributed by atoms with Crippen molar-refractivity contribution >= 4 is 32.2 Å². The average molecular weight is 311 g/mol. The number of carbonyl (C=O) groups is 1. The van der Waals surface area contributed by atoms with Crippen LogP contribution in [0.25, 0.3) is 0 Å². The van der Waals surface area contributed by atoms with Crippen molar-refractivity contribution in [3.05, 3.63) is 34.8 Å². The molecular weight excluding hydrogens is 298 g/mol. The topological polar surface area (TPSA) is 89.0 Å². The Balaban J connectivity index is 2.16. The summed E-state index contributed by atoms with van der Waals surface area (Å²) in [6.07, 6.45) is 1.10. The minimum atomic E-state index is -3.35. The highest BCUT2D eigenvalue weighted by molar-refractivity contribution is 7.90. The highest BCUT2D eigenvalue weighted by Gasteiger charge is 2.15. The molecule has 1 amide bonds. The van der Waals surface area contributed by atoms with Crippen LogP contribution < -0.4 is 5.32 Å². The van der Waals surface area contributed by atoms with Gasteiger partial charge in [-0.3, -0.25) is 4.79 Å². The Labute approximate surface area is 120 Å². The van der Waals surface area contributed by atoms with Crippen molar-refractivity contribution in [1.29, 1.82) is 0 Å². The Hall–Kier alpha value is -1.80. The molecular formula is C12H13N3O3S2. The lowest BCUT2D eigenvalue weighted by Crippen LogP contribution is -2.16. The van der Waals surface area contributed by atoms with Crippen molar-refractivity contribution in [1.82, 2.24) is 10.2 Å². The first-order valence-electron chi connectivity index (χ1n) is 5.74. The maximum absolute atomic E-state index is 11.9. The molecule has 1 heterocycles. The van der Waals surface area contributed by atoms with E-state index in [1.807, 2.05) is 0 Å². The first-order valence-corrected chi connectivity index (χ1v) is 8.45. The maximum Gasteiger partial charge on any atom is 0.230 e. The molecule has 20 heavy (non-hydrogen) atoms. The third-order valence-corrected chi connectivity index (χ3v) is 4.45. The minimum Gasteiger partial charge on any atom is -0.300 e. The van der Waals surface area contributed by atoms with Crippen molar-refractivity contribution in [2.24, 2.45) is 0 Å². The summed E-state index contributed by atoms with van der Waals surface area (Å²) < 4.78 is 23.3. The van der Waals surface area contributed by atoms with E-state index in [1.54, 1.807) is 25.1 Å². The number of sulfone groups is 1. The standard InChI is InChI=1S/C12H13N3O3S2/c1-8-14-15-12(19-8)13-11(16)7-9-5-3-4-6-10(9)20(2,17)18/h3-6H,7H2,1-2H3,(H,13,15,16). The molecule has 0 saturated carbocycles. The Morgan fingerprint density at radius 2 is 2.00 bits per heavy atom. The summed E-state index contributed by atoms with van der Waals surface area (Å²) in [6.45, 7) is 1.78. The SMILES string of the molecule is Cc1nnc(NC(=O)Cc2ccccc2S(C)(=O)=O)s1. The molecule has 0 radical (unpaired) electrons. The molecule has 0 atom stereocenters. The van der Waals surface area contributed by atoms with Crippen LogP contribution >= 0.6 is 11.3 Å². The summed E-state index contributed by atoms with van der Waals surface area (Å²) in [5.74, 6) is -0.322. The van der Waals surface area contributed by atoms with Gasteiger partial charge in [-0.15, -0.1) is 10.2 Å². The number of anilines is 1. The number of nitrogens with one attached hydrogen (secondary N) is 1. The number of nitrogens with zero attached hydrogens (tertiary/aromatic N) is 2. The zero-order valence-electron chi connectivity index (χ0n) is 11.0. The molecule has 0 saturated heterocycles. The molecule has 0 spiro atoms. The van der Waals surface area contributed by atoms with Crippen molar-refractivity contribution < 1.29 is 13.2 Å². The van der Waals surface area contributed by atoms with E-state index in [4.69, 9.17) is 0 Å². The van der Waals surface area contributed by atoms with Gasteiger partial charge in [-0.05, 0) is 18.6 Å². The lowest BCUT2D eigenvalue weighted by Gasteiger charge is -2.07. The van der Waals surface area contributed by atoms with Crippen molar-refractivity contribution in [3.8, 4) is 0 Å². The van der Waals surface area contributed by atoms with Gasteiger partial charge >= 0.3 is 0 Å². The van der Waals surface area contributed by atoms with Gasteiger partial charge in [0.05, 0.1) is 11.3 Å². The van der Waals surface area contributed by atoms with Crippen molar-refractivity contribution in [2.45, 2.75) is 18.2 Å². The van der Waals surface area contributed by atoms with Gasteiger partial charge in [-0.1, -0.05) is 29.5 Å². The van der Waals surface area contributed by atoms with Crippen LogP contribution in [0.1, 0.15) is 10.6 Å². The molecule has 0 aliphatic heterocycles. The van der Waals surface area contributed by atoms with Crippen LogP contribution in [-0.4, -0.2) is 30.8 Å². The maximum atomic E-state index is 11.9. The number of hydrogen-bond donors (Lipinski definition) is 1. The van der Waals surface area contributed by atoms with Gasteiger partial charge < -0.3 is 5.32 Å². The lowest BCUT2D eigenvalue weighted by molar-refractivity contribution is -0.115. The Kier molecular flexibility index (Phi) is 4.15. The van der Waals surface area contributed by atoms with E-state index in [1.165, 1.54) is 17.4 Å². The molecule has 0 aliphatic carbocycles. The van der Waals surface area contributed by atoms with Gasteiger partial charge in [0.1, 0.15) is 5.01 Å². The van der Waals surface area contributed by atoms with Crippen LogP contribution in [0.2, 0.25) is 0 Å². The lowest BCUT2D eigenvalue weighted by atomic mass is 10.1. The Bertz CT molecular complexity index is 738. The molecule has 2 rings (SSSR count). The molecule has 1 aromatic carbocycles. The molecule has 0 unspecified atom stereocenters. The normalized spacial score (nSPS) is 11.3. The van der Waals surface area contributed by atoms with E-state index in [0.717, 1.165) is 11.3 Å². The van der Waals surface area contributed by atoms with E-state index in [-0.39, 0.29) is 17.2 Å². The number of aromatic nitrogens is 2. The number of amides is 1. The summed E-state index contributed by atoms with van der Waals surface area (Å²) in [5.41, 5.74) is 0.466. The van der Waals surface area contributed by atoms with Crippen LogP contribution in [0, 0.1) is 6.92 Å². The first-order chi connectivity index (χ1) is 9.36. The fourth-order valence-electron chi connectivity index (χ4n) is 1.70. The smallest absolute Gasteiger partial charge is 0.230 e. The van der Waals surface area contributed by atoms with Crippen LogP contribution in [0.4, 0.5) is 5.13 Å². The molecule has 0 aliphatic rings. The van der Waals surface area contributed by atoms with Crippen LogP contribution in [0.5, 0.6) is 0 Å². The molecule has 8 heteroatoms. The van der Waals surface area contributed by atoms with E-state index >= 15 is 0 Å². The number of rotatable bonds is 4. The second kappa shape index (κ2) is 5.68. The van der Waals surface area contributed by atoms with Gasteiger partial charge in [0.15, 0.2) is 9.84 Å². The first kappa shape index (κ1) is 14.6. The fourth-order valence-corrected chi connectivity index (χ4v) is 3.25. The van der Waals surface area contributed by atoms with E-state index in [0.29, 0.717) is 10.7 Å². The molecule has 2 aromatic rings. The summed E-state index contributed by atoms with van der Waals surface area (Å²) in [6, 6.07) is 6.45. The van der Waals surface area contributed by atoms with Gasteiger partial charge in [-0.2, -0.15) is 0 Å². The van der Waals surface area contributed by atoms with Gasteiger partial charge in [0, 0.05) is 6.26 Å². The summed E-state index contributed by atoms with van der Waals surface area (Å²) in [7, 11) is -3.35. The molecule has 0 fully saturated rings. The highest BCUT2D eigenvalue weighted by atomic mass is 32.2. The second-order valence-electron chi connectivity index (χ2n) is 4.23. The summed E-state index contributed by atoms with van der Waals surface area (Å²) >= 11 is 1.26. The van der Waals surface area contributed by atoms with E-state index in [9.17, 15) is 13.2 Å². The third kappa shape index (κ3) is 3.61. The van der Waals surface area contributed by atoms with Crippen LogP contribution in [0.3, 0.4) is 0 Å². The predicted molar refractivity (Wildman–Crippen MR) is 76.5 cm³/mol. The fraction of sp³-hybridized carbons (Fsp3) is 0.250.